The number of hydrogen-bond acceptors (Lipinski definition) is 2. The average molecular weight is 224 g/mol. The Morgan fingerprint density at radius 3 is 2.75 bits per heavy atom. The first-order valence-corrected chi connectivity index (χ1v) is 6.67. The minimum absolute atomic E-state index is 0.0912. The van der Waals surface area contributed by atoms with Crippen LogP contribution < -0.4 is 0 Å². The smallest absolute Gasteiger partial charge is 0.302 e. The molecule has 0 saturated heterocycles. The highest BCUT2D eigenvalue weighted by Gasteiger charge is 2.47. The van der Waals surface area contributed by atoms with Gasteiger partial charge in [-0.3, -0.25) is 4.79 Å². The van der Waals surface area contributed by atoms with Crippen LogP contribution in [0.4, 0.5) is 0 Å². The molecule has 2 nitrogen and oxygen atoms in total. The molecule has 92 valence electrons. The third kappa shape index (κ3) is 2.41. The van der Waals surface area contributed by atoms with Crippen LogP contribution in [0.1, 0.15) is 59.3 Å². The molecule has 0 amide bonds. The first-order chi connectivity index (χ1) is 7.49. The Balaban J connectivity index is 1.79. The van der Waals surface area contributed by atoms with Crippen molar-refractivity contribution in [2.75, 3.05) is 0 Å². The molecular formula is C14H24O2. The molecule has 0 aromatic rings. The summed E-state index contributed by atoms with van der Waals surface area (Å²) < 4.78 is 5.20. The van der Waals surface area contributed by atoms with Crippen molar-refractivity contribution in [3.8, 4) is 0 Å². The van der Waals surface area contributed by atoms with Crippen LogP contribution in [-0.4, -0.2) is 12.1 Å². The molecule has 2 fully saturated rings. The predicted octanol–water partition coefficient (Wildman–Crippen LogP) is 3.54. The summed E-state index contributed by atoms with van der Waals surface area (Å²) in [5.41, 5.74) is 0.539. The Kier molecular flexibility index (Phi) is 3.27. The van der Waals surface area contributed by atoms with Gasteiger partial charge in [0.15, 0.2) is 0 Å². The summed E-state index contributed by atoms with van der Waals surface area (Å²) in [5.74, 6) is 1.80. The van der Waals surface area contributed by atoms with Crippen molar-refractivity contribution in [1.29, 1.82) is 0 Å². The lowest BCUT2D eigenvalue weighted by molar-refractivity contribution is -0.146. The van der Waals surface area contributed by atoms with Gasteiger partial charge in [0, 0.05) is 6.92 Å². The lowest BCUT2D eigenvalue weighted by atomic mass is 9.71. The van der Waals surface area contributed by atoms with Crippen LogP contribution in [0.25, 0.3) is 0 Å². The van der Waals surface area contributed by atoms with E-state index in [0.717, 1.165) is 18.3 Å². The van der Waals surface area contributed by atoms with Crippen LogP contribution in [0.15, 0.2) is 0 Å². The highest BCUT2D eigenvalue weighted by Crippen LogP contribution is 2.57. The summed E-state index contributed by atoms with van der Waals surface area (Å²) >= 11 is 0. The number of esters is 1. The van der Waals surface area contributed by atoms with Crippen LogP contribution in [0.5, 0.6) is 0 Å². The minimum Gasteiger partial charge on any atom is -0.463 e. The fourth-order valence-corrected chi connectivity index (χ4v) is 3.90. The minimum atomic E-state index is -0.148. The molecule has 0 aromatic carbocycles. The second-order valence-corrected chi connectivity index (χ2v) is 6.19. The van der Waals surface area contributed by atoms with Crippen molar-refractivity contribution in [3.63, 3.8) is 0 Å². The summed E-state index contributed by atoms with van der Waals surface area (Å²) in [6, 6.07) is 0. The molecular weight excluding hydrogens is 200 g/mol. The van der Waals surface area contributed by atoms with Gasteiger partial charge in [-0.15, -0.1) is 0 Å². The molecule has 0 heterocycles. The average Bonchev–Trinajstić information content (AvgIpc) is 2.73. The topological polar surface area (TPSA) is 26.3 Å². The Labute approximate surface area is 98.7 Å². The van der Waals surface area contributed by atoms with E-state index in [0.29, 0.717) is 5.41 Å². The van der Waals surface area contributed by atoms with Gasteiger partial charge in [0.25, 0.3) is 0 Å². The number of carbonyl (C=O) groups is 1. The first kappa shape index (κ1) is 11.9. The van der Waals surface area contributed by atoms with Gasteiger partial charge in [-0.25, -0.2) is 0 Å². The Hall–Kier alpha value is -0.530. The lowest BCUT2D eigenvalue weighted by Crippen LogP contribution is -2.26. The molecule has 2 aliphatic rings. The van der Waals surface area contributed by atoms with Gasteiger partial charge in [-0.05, 0) is 56.3 Å². The summed E-state index contributed by atoms with van der Waals surface area (Å²) in [6.45, 7) is 5.95. The van der Waals surface area contributed by atoms with Gasteiger partial charge in [0.05, 0.1) is 6.10 Å². The molecule has 0 aromatic heterocycles. The molecule has 2 aliphatic carbocycles. The van der Waals surface area contributed by atoms with Gasteiger partial charge in [-0.2, -0.15) is 0 Å². The van der Waals surface area contributed by atoms with Gasteiger partial charge in [0.2, 0.25) is 0 Å². The second-order valence-electron chi connectivity index (χ2n) is 6.19. The SMILES string of the molecule is CC(=O)O[C@@H](C)CC[C@]1(C)C[C@@H]2CC[C@@H]1C2. The maximum absolute atomic E-state index is 10.8. The zero-order valence-electron chi connectivity index (χ0n) is 10.8. The third-order valence-electron chi connectivity index (χ3n) is 4.77. The van der Waals surface area contributed by atoms with E-state index in [4.69, 9.17) is 4.74 Å². The monoisotopic (exact) mass is 224 g/mol. The molecule has 2 bridgehead atoms. The van der Waals surface area contributed by atoms with E-state index in [1.807, 2.05) is 6.92 Å². The van der Waals surface area contributed by atoms with E-state index in [1.165, 1.54) is 39.0 Å². The third-order valence-corrected chi connectivity index (χ3v) is 4.77. The standard InChI is InChI=1S/C14H24O2/c1-10(16-11(2)15)6-7-14(3)9-12-4-5-13(14)8-12/h10,12-13H,4-9H2,1-3H3/t10-,12+,13+,14+/m0/s1. The Morgan fingerprint density at radius 2 is 2.25 bits per heavy atom. The maximum Gasteiger partial charge on any atom is 0.302 e. The molecule has 0 N–H and O–H groups in total. The second kappa shape index (κ2) is 4.38. The Morgan fingerprint density at radius 1 is 1.50 bits per heavy atom. The highest BCUT2D eigenvalue weighted by molar-refractivity contribution is 5.66. The zero-order valence-corrected chi connectivity index (χ0v) is 10.8. The fraction of sp³-hybridized carbons (Fsp3) is 0.929. The quantitative estimate of drug-likeness (QED) is 0.683. The fourth-order valence-electron chi connectivity index (χ4n) is 3.90. The molecule has 0 unspecified atom stereocenters. The molecule has 2 saturated carbocycles. The predicted molar refractivity (Wildman–Crippen MR) is 64.0 cm³/mol. The maximum atomic E-state index is 10.8. The lowest BCUT2D eigenvalue weighted by Gasteiger charge is -2.34. The van der Waals surface area contributed by atoms with Crippen LogP contribution in [0, 0.1) is 17.3 Å². The van der Waals surface area contributed by atoms with Crippen molar-refractivity contribution in [2.24, 2.45) is 17.3 Å². The van der Waals surface area contributed by atoms with Crippen LogP contribution in [0.2, 0.25) is 0 Å². The molecule has 0 aliphatic heterocycles. The van der Waals surface area contributed by atoms with Crippen LogP contribution in [-0.2, 0) is 9.53 Å². The number of rotatable bonds is 4. The van der Waals surface area contributed by atoms with Gasteiger partial charge in [-0.1, -0.05) is 13.3 Å². The van der Waals surface area contributed by atoms with E-state index in [1.54, 1.807) is 0 Å². The van der Waals surface area contributed by atoms with Crippen molar-refractivity contribution >= 4 is 5.97 Å². The molecule has 2 heteroatoms. The summed E-state index contributed by atoms with van der Waals surface area (Å²) in [6.07, 6.45) is 8.10. The van der Waals surface area contributed by atoms with Crippen molar-refractivity contribution in [2.45, 2.75) is 65.4 Å². The van der Waals surface area contributed by atoms with E-state index < -0.39 is 0 Å². The Bertz CT molecular complexity index is 274. The van der Waals surface area contributed by atoms with Crippen molar-refractivity contribution < 1.29 is 9.53 Å². The summed E-state index contributed by atoms with van der Waals surface area (Å²) in [4.78, 5) is 10.8. The normalized spacial score (nSPS) is 38.7. The molecule has 0 spiro atoms. The van der Waals surface area contributed by atoms with E-state index >= 15 is 0 Å². The number of hydrogen-bond donors (Lipinski definition) is 0. The number of carbonyl (C=O) groups excluding carboxylic acids is 1. The van der Waals surface area contributed by atoms with Gasteiger partial charge in [0.1, 0.15) is 0 Å². The summed E-state index contributed by atoms with van der Waals surface area (Å²) in [7, 11) is 0. The number of fused-ring (bicyclic) bond motifs is 2. The van der Waals surface area contributed by atoms with Gasteiger partial charge < -0.3 is 4.74 Å². The molecule has 4 atom stereocenters. The highest BCUT2D eigenvalue weighted by atomic mass is 16.5. The van der Waals surface area contributed by atoms with E-state index in [2.05, 4.69) is 6.92 Å². The number of ether oxygens (including phenoxy) is 1. The largest absolute Gasteiger partial charge is 0.463 e. The zero-order chi connectivity index (χ0) is 11.8. The summed E-state index contributed by atoms with van der Waals surface area (Å²) in [5, 5.41) is 0. The molecule has 0 radical (unpaired) electrons. The molecule has 2 rings (SSSR count). The van der Waals surface area contributed by atoms with Gasteiger partial charge >= 0.3 is 5.97 Å². The van der Waals surface area contributed by atoms with Crippen LogP contribution in [0.3, 0.4) is 0 Å². The van der Waals surface area contributed by atoms with Crippen LogP contribution >= 0.6 is 0 Å². The van der Waals surface area contributed by atoms with E-state index in [9.17, 15) is 4.79 Å². The van der Waals surface area contributed by atoms with E-state index in [-0.39, 0.29) is 12.1 Å². The van der Waals surface area contributed by atoms with Crippen molar-refractivity contribution in [3.05, 3.63) is 0 Å². The molecule has 16 heavy (non-hydrogen) atoms. The van der Waals surface area contributed by atoms with Crippen molar-refractivity contribution in [1.82, 2.24) is 0 Å². The first-order valence-electron chi connectivity index (χ1n) is 6.67.